The van der Waals surface area contributed by atoms with Crippen molar-refractivity contribution >= 4 is 34.4 Å². The normalized spacial score (nSPS) is 11.8. The lowest BCUT2D eigenvalue weighted by Gasteiger charge is -2.27. The van der Waals surface area contributed by atoms with Crippen LogP contribution in [0.25, 0.3) is 22.1 Å². The molecule has 0 saturated carbocycles. The number of hydrogen-bond donors (Lipinski definition) is 0. The van der Waals surface area contributed by atoms with Crippen LogP contribution in [0.5, 0.6) is 11.5 Å². The van der Waals surface area contributed by atoms with Gasteiger partial charge in [0.1, 0.15) is 12.1 Å². The number of halogens is 1. The molecule has 45 heavy (non-hydrogen) atoms. The summed E-state index contributed by atoms with van der Waals surface area (Å²) in [6.07, 6.45) is 2.94. The van der Waals surface area contributed by atoms with Crippen molar-refractivity contribution in [3.8, 4) is 22.6 Å². The molecule has 6 rings (SSSR count). The first-order chi connectivity index (χ1) is 21.9. The van der Waals surface area contributed by atoms with E-state index in [1.165, 1.54) is 16.1 Å². The van der Waals surface area contributed by atoms with Crippen molar-refractivity contribution in [1.29, 1.82) is 0 Å². The van der Waals surface area contributed by atoms with Gasteiger partial charge in [-0.2, -0.15) is 0 Å². The summed E-state index contributed by atoms with van der Waals surface area (Å²) in [4.78, 5) is 44.0. The minimum atomic E-state index is -0.366. The number of ether oxygens (including phenoxy) is 2. The molecule has 5 aromatic rings. The first-order valence-electron chi connectivity index (χ1n) is 14.3. The van der Waals surface area contributed by atoms with Crippen LogP contribution in [0.1, 0.15) is 21.5 Å². The van der Waals surface area contributed by atoms with Crippen molar-refractivity contribution in [3.63, 3.8) is 0 Å². The molecule has 8 nitrogen and oxygen atoms in total. The van der Waals surface area contributed by atoms with E-state index in [9.17, 15) is 14.4 Å². The largest absolute Gasteiger partial charge is 0.464 e. The molecule has 0 fully saturated rings. The molecule has 0 saturated heterocycles. The van der Waals surface area contributed by atoms with E-state index in [4.69, 9.17) is 25.5 Å². The number of carbonyl (C=O) groups is 2. The minimum Gasteiger partial charge on any atom is -0.464 e. The molecule has 226 valence electrons. The van der Waals surface area contributed by atoms with Gasteiger partial charge in [0.15, 0.2) is 16.9 Å². The Kier molecular flexibility index (Phi) is 8.66. The van der Waals surface area contributed by atoms with Crippen molar-refractivity contribution < 1.29 is 23.5 Å². The van der Waals surface area contributed by atoms with Crippen molar-refractivity contribution in [2.24, 2.45) is 0 Å². The molecule has 0 unspecified atom stereocenters. The number of rotatable bonds is 10. The predicted molar refractivity (Wildman–Crippen MR) is 172 cm³/mol. The summed E-state index contributed by atoms with van der Waals surface area (Å²) >= 11 is 6.15. The third kappa shape index (κ3) is 6.61. The SMILES string of the molecule is C=CCN(CC(=O)N(Cc1ccc2c(c1)OCO2)Cc1coc2ccc(Cl)cc2c1=O)C(=O)c1ccc(-c2ccccc2)cc1. The number of hydrogen-bond acceptors (Lipinski definition) is 6. The topological polar surface area (TPSA) is 89.3 Å². The summed E-state index contributed by atoms with van der Waals surface area (Å²) in [5, 5.41) is 0.716. The number of fused-ring (bicyclic) bond motifs is 2. The van der Waals surface area contributed by atoms with E-state index in [0.717, 1.165) is 16.7 Å². The molecule has 1 aliphatic rings. The number of carbonyl (C=O) groups excluding carboxylic acids is 2. The van der Waals surface area contributed by atoms with Gasteiger partial charge in [-0.15, -0.1) is 6.58 Å². The highest BCUT2D eigenvalue weighted by atomic mass is 35.5. The predicted octanol–water partition coefficient (Wildman–Crippen LogP) is 6.70. The van der Waals surface area contributed by atoms with Crippen LogP contribution in [0.3, 0.4) is 0 Å². The van der Waals surface area contributed by atoms with Crippen LogP contribution in [-0.4, -0.2) is 41.5 Å². The summed E-state index contributed by atoms with van der Waals surface area (Å²) in [6, 6.07) is 27.3. The maximum absolute atomic E-state index is 14.0. The standard InChI is InChI=1S/C36H29ClN2O6/c1-2-16-38(36(42)27-11-9-26(10-12-27)25-6-4-3-5-7-25)21-34(40)39(19-24-8-14-32-33(17-24)45-23-44-32)20-28-22-43-31-15-13-29(37)18-30(31)35(28)41/h2-15,17-18,22H,1,16,19-21,23H2. The lowest BCUT2D eigenvalue weighted by atomic mass is 10.0. The lowest BCUT2D eigenvalue weighted by molar-refractivity contribution is -0.133. The van der Waals surface area contributed by atoms with E-state index >= 15 is 0 Å². The Morgan fingerprint density at radius 2 is 1.60 bits per heavy atom. The smallest absolute Gasteiger partial charge is 0.254 e. The van der Waals surface area contributed by atoms with Gasteiger partial charge in [0.05, 0.1) is 23.8 Å². The molecule has 1 aliphatic heterocycles. The fourth-order valence-corrected chi connectivity index (χ4v) is 5.38. The maximum Gasteiger partial charge on any atom is 0.254 e. The lowest BCUT2D eigenvalue weighted by Crippen LogP contribution is -2.43. The average molecular weight is 621 g/mol. The van der Waals surface area contributed by atoms with Crippen LogP contribution in [0.15, 0.2) is 119 Å². The van der Waals surface area contributed by atoms with E-state index in [1.807, 2.05) is 48.5 Å². The molecule has 0 atom stereocenters. The molecule has 4 aromatic carbocycles. The molecule has 0 radical (unpaired) electrons. The van der Waals surface area contributed by atoms with Crippen molar-refractivity contribution in [2.45, 2.75) is 13.1 Å². The Morgan fingerprint density at radius 3 is 2.38 bits per heavy atom. The van der Waals surface area contributed by atoms with Crippen molar-refractivity contribution in [2.75, 3.05) is 19.9 Å². The van der Waals surface area contributed by atoms with E-state index < -0.39 is 0 Å². The first kappa shape index (κ1) is 29.7. The third-order valence-electron chi connectivity index (χ3n) is 7.53. The molecule has 9 heteroatoms. The molecule has 0 N–H and O–H groups in total. The molecule has 2 amide bonds. The Morgan fingerprint density at radius 1 is 0.844 bits per heavy atom. The molecule has 0 bridgehead atoms. The van der Waals surface area contributed by atoms with Gasteiger partial charge in [0, 0.05) is 23.7 Å². The summed E-state index contributed by atoms with van der Waals surface area (Å²) in [5.74, 6) is 0.506. The molecule has 2 heterocycles. The highest BCUT2D eigenvalue weighted by Gasteiger charge is 2.24. The first-order valence-corrected chi connectivity index (χ1v) is 14.7. The van der Waals surface area contributed by atoms with Gasteiger partial charge in [-0.05, 0) is 59.2 Å². The quantitative estimate of drug-likeness (QED) is 0.161. The highest BCUT2D eigenvalue weighted by Crippen LogP contribution is 2.33. The zero-order valence-corrected chi connectivity index (χ0v) is 25.0. The third-order valence-corrected chi connectivity index (χ3v) is 7.77. The minimum absolute atomic E-state index is 0.0556. The summed E-state index contributed by atoms with van der Waals surface area (Å²) in [6.45, 7) is 3.91. The molecule has 1 aromatic heterocycles. The van der Waals surface area contributed by atoms with Gasteiger partial charge in [-0.3, -0.25) is 14.4 Å². The monoisotopic (exact) mass is 620 g/mol. The number of nitrogens with zero attached hydrogens (tertiary/aromatic N) is 2. The Labute approximate surface area is 264 Å². The fraction of sp³-hybridized carbons (Fsp3) is 0.139. The molecule has 0 aliphatic carbocycles. The number of benzene rings is 4. The molecular formula is C36H29ClN2O6. The summed E-state index contributed by atoms with van der Waals surface area (Å²) in [7, 11) is 0. The van der Waals surface area contributed by atoms with Gasteiger partial charge in [0.25, 0.3) is 5.91 Å². The van der Waals surface area contributed by atoms with Crippen LogP contribution in [0.2, 0.25) is 5.02 Å². The van der Waals surface area contributed by atoms with Crippen LogP contribution in [0.4, 0.5) is 0 Å². The molecular weight excluding hydrogens is 592 g/mol. The van der Waals surface area contributed by atoms with Gasteiger partial charge in [0.2, 0.25) is 12.7 Å². The highest BCUT2D eigenvalue weighted by molar-refractivity contribution is 6.31. The summed E-state index contributed by atoms with van der Waals surface area (Å²) in [5.41, 5.74) is 3.59. The fourth-order valence-electron chi connectivity index (χ4n) is 5.21. The van der Waals surface area contributed by atoms with Gasteiger partial charge < -0.3 is 23.7 Å². The van der Waals surface area contributed by atoms with Crippen molar-refractivity contribution in [3.05, 3.63) is 142 Å². The zero-order chi connectivity index (χ0) is 31.3. The Bertz CT molecular complexity index is 1940. The van der Waals surface area contributed by atoms with E-state index in [-0.39, 0.29) is 55.8 Å². The molecule has 0 spiro atoms. The van der Waals surface area contributed by atoms with Gasteiger partial charge in [-0.1, -0.05) is 66.2 Å². The van der Waals surface area contributed by atoms with E-state index in [0.29, 0.717) is 33.1 Å². The van der Waals surface area contributed by atoms with Crippen LogP contribution < -0.4 is 14.9 Å². The van der Waals surface area contributed by atoms with E-state index in [2.05, 4.69) is 6.58 Å². The second-order valence-electron chi connectivity index (χ2n) is 10.6. The second-order valence-corrected chi connectivity index (χ2v) is 11.0. The van der Waals surface area contributed by atoms with Crippen LogP contribution in [0, 0.1) is 0 Å². The van der Waals surface area contributed by atoms with Crippen LogP contribution >= 0.6 is 11.6 Å². The van der Waals surface area contributed by atoms with Crippen LogP contribution in [-0.2, 0) is 17.9 Å². The average Bonchev–Trinajstić information content (AvgIpc) is 3.54. The zero-order valence-electron chi connectivity index (χ0n) is 24.3. The van der Waals surface area contributed by atoms with E-state index in [1.54, 1.807) is 48.5 Å². The number of amides is 2. The second kappa shape index (κ2) is 13.1. The van der Waals surface area contributed by atoms with Crippen molar-refractivity contribution in [1.82, 2.24) is 9.80 Å². The Balaban J connectivity index is 1.27. The van der Waals surface area contributed by atoms with Gasteiger partial charge >= 0.3 is 0 Å². The Hall–Kier alpha value is -5.34. The van der Waals surface area contributed by atoms with Gasteiger partial charge in [-0.25, -0.2) is 0 Å². The summed E-state index contributed by atoms with van der Waals surface area (Å²) < 4.78 is 16.7. The maximum atomic E-state index is 14.0.